The number of rotatable bonds is 9. The van der Waals surface area contributed by atoms with E-state index in [4.69, 9.17) is 9.72 Å². The molecule has 1 fully saturated rings. The maximum absolute atomic E-state index is 13.6. The Kier molecular flexibility index (Phi) is 7.34. The minimum absolute atomic E-state index is 0.00454. The molecule has 4 aromatic rings. The van der Waals surface area contributed by atoms with Crippen LogP contribution in [0.15, 0.2) is 47.3 Å². The van der Waals surface area contributed by atoms with Gasteiger partial charge in [-0.05, 0) is 37.9 Å². The molecule has 0 N–H and O–H groups in total. The highest BCUT2D eigenvalue weighted by Gasteiger charge is 2.20. The smallest absolute Gasteiger partial charge is 0.277 e. The van der Waals surface area contributed by atoms with Crippen molar-refractivity contribution in [3.05, 3.63) is 69.9 Å². The first-order valence-electron chi connectivity index (χ1n) is 13.0. The van der Waals surface area contributed by atoms with Crippen LogP contribution in [0.1, 0.15) is 30.4 Å². The summed E-state index contributed by atoms with van der Waals surface area (Å²) in [6, 6.07) is 14.5. The molecule has 8 heteroatoms. The van der Waals surface area contributed by atoms with Gasteiger partial charge in [-0.15, -0.1) is 0 Å². The number of hydrogen-bond acceptors (Lipinski definition) is 6. The number of nitrogens with zero attached hydrogens (tertiary/aromatic N) is 6. The SMILES string of the molecule is CCc1nc(C)c2c(=O)n(CCCN3CCN(CCc4ccccc4)CC3)c3ccc(OC)nc3n12. The number of aryl methyl sites for hydroxylation is 3. The van der Waals surface area contributed by atoms with Crippen LogP contribution in [0, 0.1) is 6.92 Å². The highest BCUT2D eigenvalue weighted by molar-refractivity contribution is 5.77. The van der Waals surface area contributed by atoms with E-state index in [0.717, 1.165) is 81.2 Å². The molecule has 36 heavy (non-hydrogen) atoms. The molecule has 0 spiro atoms. The van der Waals surface area contributed by atoms with Crippen LogP contribution in [0.5, 0.6) is 5.88 Å². The molecule has 0 bridgehead atoms. The van der Waals surface area contributed by atoms with Crippen molar-refractivity contribution in [1.29, 1.82) is 0 Å². The molecule has 0 aliphatic carbocycles. The van der Waals surface area contributed by atoms with Crippen LogP contribution >= 0.6 is 0 Å². The summed E-state index contributed by atoms with van der Waals surface area (Å²) in [5.74, 6) is 1.38. The van der Waals surface area contributed by atoms with Gasteiger partial charge < -0.3 is 19.1 Å². The van der Waals surface area contributed by atoms with Crippen molar-refractivity contribution in [2.75, 3.05) is 46.4 Å². The summed E-state index contributed by atoms with van der Waals surface area (Å²) in [4.78, 5) is 28.0. The molecule has 1 saturated heterocycles. The molecule has 5 rings (SSSR count). The van der Waals surface area contributed by atoms with Crippen LogP contribution in [0.25, 0.3) is 16.7 Å². The quantitative estimate of drug-likeness (QED) is 0.361. The van der Waals surface area contributed by atoms with E-state index in [1.807, 2.05) is 34.9 Å². The molecule has 0 radical (unpaired) electrons. The summed E-state index contributed by atoms with van der Waals surface area (Å²) in [5.41, 5.74) is 4.33. The topological polar surface area (TPSA) is 67.9 Å². The van der Waals surface area contributed by atoms with Gasteiger partial charge in [0, 0.05) is 51.8 Å². The Bertz CT molecular complexity index is 1390. The third-order valence-corrected chi connectivity index (χ3v) is 7.31. The number of fused-ring (bicyclic) bond motifs is 3. The first kappa shape index (κ1) is 24.5. The van der Waals surface area contributed by atoms with E-state index in [1.165, 1.54) is 5.56 Å². The zero-order valence-electron chi connectivity index (χ0n) is 21.6. The standard InChI is InChI=1S/C28H36N6O2/c1-4-24-29-21(2)26-28(35)33(23-11-12-25(36-3)30-27(23)34(24)26)15-8-14-31-17-19-32(20-18-31)16-13-22-9-6-5-7-10-22/h5-7,9-12H,4,8,13-20H2,1-3H3. The Morgan fingerprint density at radius 1 is 0.917 bits per heavy atom. The number of benzene rings is 1. The van der Waals surface area contributed by atoms with E-state index in [9.17, 15) is 4.79 Å². The molecule has 0 saturated carbocycles. The summed E-state index contributed by atoms with van der Waals surface area (Å²) < 4.78 is 9.18. The van der Waals surface area contributed by atoms with Gasteiger partial charge in [0.15, 0.2) is 5.65 Å². The van der Waals surface area contributed by atoms with Crippen LogP contribution in [0.2, 0.25) is 0 Å². The summed E-state index contributed by atoms with van der Waals surface area (Å²) in [6.07, 6.45) is 2.74. The van der Waals surface area contributed by atoms with Crippen molar-refractivity contribution in [2.45, 2.75) is 39.7 Å². The molecule has 190 valence electrons. The number of aromatic nitrogens is 4. The van der Waals surface area contributed by atoms with Gasteiger partial charge in [-0.1, -0.05) is 37.3 Å². The van der Waals surface area contributed by atoms with Gasteiger partial charge in [0.25, 0.3) is 5.56 Å². The van der Waals surface area contributed by atoms with Crippen LogP contribution < -0.4 is 10.3 Å². The van der Waals surface area contributed by atoms with Crippen LogP contribution in [-0.4, -0.2) is 75.1 Å². The van der Waals surface area contributed by atoms with Gasteiger partial charge in [0.2, 0.25) is 5.88 Å². The van der Waals surface area contributed by atoms with Crippen molar-refractivity contribution >= 4 is 16.7 Å². The van der Waals surface area contributed by atoms with E-state index in [1.54, 1.807) is 7.11 Å². The van der Waals surface area contributed by atoms with E-state index < -0.39 is 0 Å². The van der Waals surface area contributed by atoms with Gasteiger partial charge in [-0.3, -0.25) is 9.20 Å². The Hall–Kier alpha value is -3.23. The van der Waals surface area contributed by atoms with Crippen molar-refractivity contribution < 1.29 is 4.74 Å². The van der Waals surface area contributed by atoms with Gasteiger partial charge >= 0.3 is 0 Å². The molecule has 4 heterocycles. The summed E-state index contributed by atoms with van der Waals surface area (Å²) in [5, 5.41) is 0. The van der Waals surface area contributed by atoms with Crippen LogP contribution in [0.4, 0.5) is 0 Å². The lowest BCUT2D eigenvalue weighted by atomic mass is 10.1. The molecule has 8 nitrogen and oxygen atoms in total. The summed E-state index contributed by atoms with van der Waals surface area (Å²) >= 11 is 0. The molecule has 1 aliphatic rings. The number of pyridine rings is 1. The molecule has 0 amide bonds. The van der Waals surface area contributed by atoms with Gasteiger partial charge in [-0.2, -0.15) is 4.98 Å². The predicted octanol–water partition coefficient (Wildman–Crippen LogP) is 3.17. The summed E-state index contributed by atoms with van der Waals surface area (Å²) in [7, 11) is 1.61. The largest absolute Gasteiger partial charge is 0.481 e. The second kappa shape index (κ2) is 10.8. The van der Waals surface area contributed by atoms with Gasteiger partial charge in [0.05, 0.1) is 18.3 Å². The molecule has 1 aromatic carbocycles. The van der Waals surface area contributed by atoms with E-state index in [0.29, 0.717) is 17.9 Å². The third kappa shape index (κ3) is 4.88. The molecular formula is C28H36N6O2. The fraction of sp³-hybridized carbons (Fsp3) is 0.464. The second-order valence-electron chi connectivity index (χ2n) is 9.58. The van der Waals surface area contributed by atoms with Crippen molar-refractivity contribution in [3.8, 4) is 5.88 Å². The lowest BCUT2D eigenvalue weighted by Gasteiger charge is -2.34. The number of methoxy groups -OCH3 is 1. The van der Waals surface area contributed by atoms with E-state index in [2.05, 4.69) is 45.1 Å². The van der Waals surface area contributed by atoms with E-state index in [-0.39, 0.29) is 5.56 Å². The summed E-state index contributed by atoms with van der Waals surface area (Å²) in [6.45, 7) is 11.0. The van der Waals surface area contributed by atoms with Crippen molar-refractivity contribution in [3.63, 3.8) is 0 Å². The molecule has 0 unspecified atom stereocenters. The Morgan fingerprint density at radius 3 is 2.33 bits per heavy atom. The van der Waals surface area contributed by atoms with Gasteiger partial charge in [0.1, 0.15) is 11.3 Å². The van der Waals surface area contributed by atoms with Crippen LogP contribution in [-0.2, 0) is 19.4 Å². The fourth-order valence-electron chi connectivity index (χ4n) is 5.30. The molecule has 1 aliphatic heterocycles. The predicted molar refractivity (Wildman–Crippen MR) is 143 cm³/mol. The van der Waals surface area contributed by atoms with E-state index >= 15 is 0 Å². The highest BCUT2D eigenvalue weighted by Crippen LogP contribution is 2.21. The molecule has 0 atom stereocenters. The monoisotopic (exact) mass is 488 g/mol. The second-order valence-corrected chi connectivity index (χ2v) is 9.58. The molecular weight excluding hydrogens is 452 g/mol. The molecule has 3 aromatic heterocycles. The Morgan fingerprint density at radius 2 is 1.64 bits per heavy atom. The zero-order chi connectivity index (χ0) is 25.1. The fourth-order valence-corrected chi connectivity index (χ4v) is 5.30. The highest BCUT2D eigenvalue weighted by atomic mass is 16.5. The van der Waals surface area contributed by atoms with Crippen molar-refractivity contribution in [1.82, 2.24) is 28.7 Å². The first-order chi connectivity index (χ1) is 17.6. The lowest BCUT2D eigenvalue weighted by Crippen LogP contribution is -2.47. The normalized spacial score (nSPS) is 15.2. The number of ether oxygens (including phenoxy) is 1. The third-order valence-electron chi connectivity index (χ3n) is 7.31. The average molecular weight is 489 g/mol. The maximum Gasteiger partial charge on any atom is 0.277 e. The Balaban J connectivity index is 1.26. The number of imidazole rings is 1. The minimum Gasteiger partial charge on any atom is -0.481 e. The van der Waals surface area contributed by atoms with Gasteiger partial charge in [-0.25, -0.2) is 4.98 Å². The average Bonchev–Trinajstić information content (AvgIpc) is 3.27. The lowest BCUT2D eigenvalue weighted by molar-refractivity contribution is 0.131. The van der Waals surface area contributed by atoms with Crippen molar-refractivity contribution in [2.24, 2.45) is 0 Å². The zero-order valence-corrected chi connectivity index (χ0v) is 21.6. The van der Waals surface area contributed by atoms with Crippen LogP contribution in [0.3, 0.4) is 0 Å². The maximum atomic E-state index is 13.6. The Labute approximate surface area is 212 Å². The first-order valence-corrected chi connectivity index (χ1v) is 13.0. The number of hydrogen-bond donors (Lipinski definition) is 0. The number of piperazine rings is 1. The minimum atomic E-state index is 0.00454.